The standard InChI is InChI=1S/C17H15N5O3/c23-17(15-2-1-3-16(8-15)22(24)25)19-9-13-4-6-14(7-5-13)10-21-12-18-11-20-21/h1-8,11-12H,9-10H2,(H,19,23). The maximum atomic E-state index is 12.1. The Hall–Kier alpha value is -3.55. The number of nitrogens with one attached hydrogen (secondary N) is 1. The number of nitro groups is 1. The largest absolute Gasteiger partial charge is 0.348 e. The van der Waals surface area contributed by atoms with E-state index in [1.807, 2.05) is 24.3 Å². The molecule has 1 amide bonds. The van der Waals surface area contributed by atoms with Gasteiger partial charge in [0.1, 0.15) is 12.7 Å². The number of rotatable bonds is 6. The zero-order chi connectivity index (χ0) is 17.6. The smallest absolute Gasteiger partial charge is 0.270 e. The van der Waals surface area contributed by atoms with E-state index in [1.54, 1.807) is 17.1 Å². The van der Waals surface area contributed by atoms with Gasteiger partial charge in [0.05, 0.1) is 11.5 Å². The van der Waals surface area contributed by atoms with Gasteiger partial charge in [-0.2, -0.15) is 5.10 Å². The highest BCUT2D eigenvalue weighted by Gasteiger charge is 2.11. The third-order valence-electron chi connectivity index (χ3n) is 3.61. The summed E-state index contributed by atoms with van der Waals surface area (Å²) in [5.74, 6) is -0.351. The summed E-state index contributed by atoms with van der Waals surface area (Å²) in [5, 5.41) is 17.6. The lowest BCUT2D eigenvalue weighted by atomic mass is 10.1. The molecule has 3 aromatic rings. The Morgan fingerprint density at radius 3 is 2.60 bits per heavy atom. The molecule has 0 saturated heterocycles. The monoisotopic (exact) mass is 337 g/mol. The number of aromatic nitrogens is 3. The number of carbonyl (C=O) groups is 1. The second kappa shape index (κ2) is 7.35. The average Bonchev–Trinajstić information content (AvgIpc) is 3.14. The van der Waals surface area contributed by atoms with E-state index in [4.69, 9.17) is 0 Å². The Balaban J connectivity index is 1.58. The van der Waals surface area contributed by atoms with Gasteiger partial charge in [-0.25, -0.2) is 9.67 Å². The van der Waals surface area contributed by atoms with Crippen LogP contribution in [0.25, 0.3) is 0 Å². The molecule has 1 aromatic heterocycles. The Morgan fingerprint density at radius 2 is 1.92 bits per heavy atom. The van der Waals surface area contributed by atoms with E-state index >= 15 is 0 Å². The van der Waals surface area contributed by atoms with Gasteiger partial charge in [-0.05, 0) is 17.2 Å². The lowest BCUT2D eigenvalue weighted by Gasteiger charge is -2.07. The molecule has 25 heavy (non-hydrogen) atoms. The molecule has 3 rings (SSSR count). The highest BCUT2D eigenvalue weighted by Crippen LogP contribution is 2.13. The number of carbonyl (C=O) groups excluding carboxylic acids is 1. The number of nitro benzene ring substituents is 1. The predicted octanol–water partition coefficient (Wildman–Crippen LogP) is 2.16. The van der Waals surface area contributed by atoms with Crippen LogP contribution in [0.4, 0.5) is 5.69 Å². The highest BCUT2D eigenvalue weighted by atomic mass is 16.6. The van der Waals surface area contributed by atoms with Gasteiger partial charge in [-0.1, -0.05) is 30.3 Å². The molecule has 0 aliphatic heterocycles. The topological polar surface area (TPSA) is 103 Å². The maximum absolute atomic E-state index is 12.1. The lowest BCUT2D eigenvalue weighted by Crippen LogP contribution is -2.22. The zero-order valence-electron chi connectivity index (χ0n) is 13.2. The van der Waals surface area contributed by atoms with Crippen LogP contribution < -0.4 is 5.32 Å². The first-order valence-electron chi connectivity index (χ1n) is 7.55. The second-order valence-electron chi connectivity index (χ2n) is 5.40. The van der Waals surface area contributed by atoms with Crippen molar-refractivity contribution in [2.45, 2.75) is 13.1 Å². The van der Waals surface area contributed by atoms with E-state index in [9.17, 15) is 14.9 Å². The quantitative estimate of drug-likeness (QED) is 0.548. The number of hydrogen-bond donors (Lipinski definition) is 1. The van der Waals surface area contributed by atoms with Gasteiger partial charge in [0.25, 0.3) is 11.6 Å². The van der Waals surface area contributed by atoms with Crippen molar-refractivity contribution in [3.8, 4) is 0 Å². The molecule has 8 heteroatoms. The van der Waals surface area contributed by atoms with Crippen molar-refractivity contribution in [1.29, 1.82) is 0 Å². The predicted molar refractivity (Wildman–Crippen MR) is 89.8 cm³/mol. The molecule has 8 nitrogen and oxygen atoms in total. The van der Waals surface area contributed by atoms with Crippen molar-refractivity contribution in [2.75, 3.05) is 0 Å². The number of amides is 1. The molecule has 126 valence electrons. The average molecular weight is 337 g/mol. The van der Waals surface area contributed by atoms with E-state index in [1.165, 1.54) is 24.5 Å². The Labute approximate surface area is 143 Å². The molecule has 0 spiro atoms. The molecule has 0 aliphatic rings. The molecule has 1 heterocycles. The molecule has 0 radical (unpaired) electrons. The van der Waals surface area contributed by atoms with Crippen LogP contribution in [0.5, 0.6) is 0 Å². The van der Waals surface area contributed by atoms with Gasteiger partial charge in [0.15, 0.2) is 0 Å². The first-order valence-corrected chi connectivity index (χ1v) is 7.55. The van der Waals surface area contributed by atoms with Crippen LogP contribution in [0, 0.1) is 10.1 Å². The Morgan fingerprint density at radius 1 is 1.16 bits per heavy atom. The Kier molecular flexibility index (Phi) is 4.79. The Bertz CT molecular complexity index is 876. The summed E-state index contributed by atoms with van der Waals surface area (Å²) >= 11 is 0. The zero-order valence-corrected chi connectivity index (χ0v) is 13.2. The van der Waals surface area contributed by atoms with Gasteiger partial charge in [-0.15, -0.1) is 0 Å². The summed E-state index contributed by atoms with van der Waals surface area (Å²) in [4.78, 5) is 26.3. The summed E-state index contributed by atoms with van der Waals surface area (Å²) in [6.07, 6.45) is 3.13. The van der Waals surface area contributed by atoms with Gasteiger partial charge in [-0.3, -0.25) is 14.9 Å². The van der Waals surface area contributed by atoms with Crippen molar-refractivity contribution >= 4 is 11.6 Å². The van der Waals surface area contributed by atoms with Crippen LogP contribution in [0.2, 0.25) is 0 Å². The first-order chi connectivity index (χ1) is 12.1. The molecule has 0 aliphatic carbocycles. The van der Waals surface area contributed by atoms with Crippen molar-refractivity contribution in [3.05, 3.63) is 88.0 Å². The van der Waals surface area contributed by atoms with Gasteiger partial charge < -0.3 is 5.32 Å². The summed E-state index contributed by atoms with van der Waals surface area (Å²) in [7, 11) is 0. The van der Waals surface area contributed by atoms with E-state index in [0.717, 1.165) is 11.1 Å². The fourth-order valence-electron chi connectivity index (χ4n) is 2.31. The summed E-state index contributed by atoms with van der Waals surface area (Å²) in [5.41, 5.74) is 2.16. The van der Waals surface area contributed by atoms with Crippen molar-refractivity contribution in [3.63, 3.8) is 0 Å². The molecule has 0 unspecified atom stereocenters. The van der Waals surface area contributed by atoms with Crippen LogP contribution in [0.15, 0.2) is 61.2 Å². The van der Waals surface area contributed by atoms with Gasteiger partial charge in [0.2, 0.25) is 0 Å². The van der Waals surface area contributed by atoms with Crippen LogP contribution in [0.1, 0.15) is 21.5 Å². The van der Waals surface area contributed by atoms with Crippen molar-refractivity contribution in [1.82, 2.24) is 20.1 Å². The highest BCUT2D eigenvalue weighted by molar-refractivity contribution is 5.94. The first kappa shape index (κ1) is 16.3. The van der Waals surface area contributed by atoms with Crippen LogP contribution in [-0.2, 0) is 13.1 Å². The number of non-ortho nitro benzene ring substituents is 1. The molecule has 1 N–H and O–H groups in total. The van der Waals surface area contributed by atoms with E-state index in [-0.39, 0.29) is 17.2 Å². The number of nitrogens with zero attached hydrogens (tertiary/aromatic N) is 4. The third-order valence-corrected chi connectivity index (χ3v) is 3.61. The molecule has 0 fully saturated rings. The fourth-order valence-corrected chi connectivity index (χ4v) is 2.31. The van der Waals surface area contributed by atoms with E-state index < -0.39 is 4.92 Å². The minimum Gasteiger partial charge on any atom is -0.348 e. The van der Waals surface area contributed by atoms with Gasteiger partial charge in [0, 0.05) is 24.2 Å². The van der Waals surface area contributed by atoms with Crippen LogP contribution in [0.3, 0.4) is 0 Å². The third kappa shape index (κ3) is 4.25. The second-order valence-corrected chi connectivity index (χ2v) is 5.40. The molecular weight excluding hydrogens is 322 g/mol. The maximum Gasteiger partial charge on any atom is 0.270 e. The number of hydrogen-bond acceptors (Lipinski definition) is 5. The summed E-state index contributed by atoms with van der Waals surface area (Å²) in [6, 6.07) is 13.4. The van der Waals surface area contributed by atoms with Crippen molar-refractivity contribution in [2.24, 2.45) is 0 Å². The van der Waals surface area contributed by atoms with Crippen LogP contribution in [-0.4, -0.2) is 25.6 Å². The molecule has 2 aromatic carbocycles. The van der Waals surface area contributed by atoms with E-state index in [2.05, 4.69) is 15.4 Å². The fraction of sp³-hybridized carbons (Fsp3) is 0.118. The lowest BCUT2D eigenvalue weighted by molar-refractivity contribution is -0.384. The molecule has 0 saturated carbocycles. The minimum atomic E-state index is -0.523. The SMILES string of the molecule is O=C(NCc1ccc(Cn2cncn2)cc1)c1cccc([N+](=O)[O-])c1. The molecular formula is C17H15N5O3. The molecule has 0 atom stereocenters. The number of benzene rings is 2. The van der Waals surface area contributed by atoms with E-state index in [0.29, 0.717) is 13.1 Å². The summed E-state index contributed by atoms with van der Waals surface area (Å²) < 4.78 is 1.72. The normalized spacial score (nSPS) is 10.4. The minimum absolute atomic E-state index is 0.106. The van der Waals surface area contributed by atoms with Crippen LogP contribution >= 0.6 is 0 Å². The summed E-state index contributed by atoms with van der Waals surface area (Å²) in [6.45, 7) is 0.964. The molecule has 0 bridgehead atoms. The van der Waals surface area contributed by atoms with Gasteiger partial charge >= 0.3 is 0 Å². The van der Waals surface area contributed by atoms with Crippen molar-refractivity contribution < 1.29 is 9.72 Å².